The van der Waals surface area contributed by atoms with Crippen LogP contribution in [0, 0.1) is 24.1 Å². The molecule has 4 aromatic rings. The number of methoxy groups -OCH3 is 1. The molecule has 0 radical (unpaired) electrons. The molecule has 0 bridgehead atoms. The summed E-state index contributed by atoms with van der Waals surface area (Å²) in [5.41, 5.74) is 3.06. The van der Waals surface area contributed by atoms with Crippen molar-refractivity contribution in [2.45, 2.75) is 52.1 Å². The molecular formula is C24H24FN7O. The lowest BCUT2D eigenvalue weighted by Gasteiger charge is -2.12. The fourth-order valence-corrected chi connectivity index (χ4v) is 4.49. The summed E-state index contributed by atoms with van der Waals surface area (Å²) in [7, 11) is 1.50. The van der Waals surface area contributed by atoms with Gasteiger partial charge in [0, 0.05) is 30.2 Å². The summed E-state index contributed by atoms with van der Waals surface area (Å²) in [6.07, 6.45) is 4.50. The third kappa shape index (κ3) is 3.71. The zero-order chi connectivity index (χ0) is 22.9. The van der Waals surface area contributed by atoms with Crippen LogP contribution in [0.5, 0.6) is 5.75 Å². The number of aromatic nitrogens is 6. The lowest BCUT2D eigenvalue weighted by atomic mass is 10.0. The molecule has 1 aliphatic rings. The Morgan fingerprint density at radius 2 is 2.03 bits per heavy atom. The van der Waals surface area contributed by atoms with Gasteiger partial charge in [-0.05, 0) is 38.0 Å². The number of aryl methyl sites for hydroxylation is 3. The van der Waals surface area contributed by atoms with Gasteiger partial charge in [-0.25, -0.2) is 14.1 Å². The van der Waals surface area contributed by atoms with Crippen LogP contribution in [-0.4, -0.2) is 36.6 Å². The Kier molecular flexibility index (Phi) is 5.50. The summed E-state index contributed by atoms with van der Waals surface area (Å²) in [6.45, 7) is 3.17. The maximum atomic E-state index is 15.0. The SMILES string of the molecule is COc1ccc(-c2cc(-c3nnc4n3CCCCC4)c3c(C)nn(CCC#N)c3n2)c(F)c1. The molecule has 4 heterocycles. The minimum atomic E-state index is -0.424. The second-order valence-electron chi connectivity index (χ2n) is 8.22. The predicted molar refractivity (Wildman–Crippen MR) is 121 cm³/mol. The molecule has 33 heavy (non-hydrogen) atoms. The number of nitrogens with zero attached hydrogens (tertiary/aromatic N) is 7. The molecule has 0 spiro atoms. The molecule has 8 nitrogen and oxygen atoms in total. The summed E-state index contributed by atoms with van der Waals surface area (Å²) >= 11 is 0. The van der Waals surface area contributed by atoms with E-state index >= 15 is 4.39 Å². The van der Waals surface area contributed by atoms with Gasteiger partial charge in [-0.1, -0.05) is 6.42 Å². The quantitative estimate of drug-likeness (QED) is 0.450. The molecule has 0 aliphatic carbocycles. The summed E-state index contributed by atoms with van der Waals surface area (Å²) < 4.78 is 24.1. The van der Waals surface area contributed by atoms with Crippen LogP contribution >= 0.6 is 0 Å². The maximum Gasteiger partial charge on any atom is 0.164 e. The molecule has 0 N–H and O–H groups in total. The Bertz CT molecular complexity index is 1380. The minimum Gasteiger partial charge on any atom is -0.497 e. The van der Waals surface area contributed by atoms with Gasteiger partial charge in [0.25, 0.3) is 0 Å². The van der Waals surface area contributed by atoms with Gasteiger partial charge < -0.3 is 9.30 Å². The van der Waals surface area contributed by atoms with Gasteiger partial charge >= 0.3 is 0 Å². The lowest BCUT2D eigenvalue weighted by molar-refractivity contribution is 0.411. The first kappa shape index (κ1) is 21.1. The van der Waals surface area contributed by atoms with Crippen molar-refractivity contribution in [1.29, 1.82) is 5.26 Å². The number of fused-ring (bicyclic) bond motifs is 2. The van der Waals surface area contributed by atoms with Gasteiger partial charge in [-0.15, -0.1) is 10.2 Å². The van der Waals surface area contributed by atoms with E-state index in [1.807, 2.05) is 13.0 Å². The smallest absolute Gasteiger partial charge is 0.164 e. The molecule has 3 aromatic heterocycles. The van der Waals surface area contributed by atoms with Crippen molar-refractivity contribution in [1.82, 2.24) is 29.5 Å². The maximum absolute atomic E-state index is 15.0. The fourth-order valence-electron chi connectivity index (χ4n) is 4.49. The predicted octanol–water partition coefficient (Wildman–Crippen LogP) is 4.45. The summed E-state index contributed by atoms with van der Waals surface area (Å²) in [4.78, 5) is 4.79. The molecule has 0 amide bonds. The van der Waals surface area contributed by atoms with E-state index in [2.05, 4.69) is 25.9 Å². The third-order valence-electron chi connectivity index (χ3n) is 6.12. The van der Waals surface area contributed by atoms with Crippen molar-refractivity contribution >= 4 is 11.0 Å². The van der Waals surface area contributed by atoms with E-state index < -0.39 is 5.82 Å². The molecule has 168 valence electrons. The number of hydrogen-bond donors (Lipinski definition) is 0. The van der Waals surface area contributed by atoms with Gasteiger partial charge in [0.1, 0.15) is 17.4 Å². The summed E-state index contributed by atoms with van der Waals surface area (Å²) in [5, 5.41) is 23.6. The largest absolute Gasteiger partial charge is 0.497 e. The number of halogens is 1. The highest BCUT2D eigenvalue weighted by Gasteiger charge is 2.23. The molecule has 0 fully saturated rings. The number of rotatable bonds is 5. The summed E-state index contributed by atoms with van der Waals surface area (Å²) in [5.74, 6) is 1.74. The van der Waals surface area contributed by atoms with Crippen LogP contribution in [0.2, 0.25) is 0 Å². The van der Waals surface area contributed by atoms with Crippen LogP contribution in [0.1, 0.15) is 37.2 Å². The fraction of sp³-hybridized carbons (Fsp3) is 0.375. The van der Waals surface area contributed by atoms with Crippen LogP contribution < -0.4 is 4.74 Å². The van der Waals surface area contributed by atoms with Crippen molar-refractivity contribution in [3.63, 3.8) is 0 Å². The van der Waals surface area contributed by atoms with E-state index in [-0.39, 0.29) is 0 Å². The first-order valence-corrected chi connectivity index (χ1v) is 11.1. The van der Waals surface area contributed by atoms with Gasteiger partial charge in [0.15, 0.2) is 11.5 Å². The molecule has 0 atom stereocenters. The van der Waals surface area contributed by atoms with E-state index in [9.17, 15) is 0 Å². The van der Waals surface area contributed by atoms with E-state index in [0.717, 1.165) is 60.5 Å². The molecule has 0 saturated carbocycles. The first-order chi connectivity index (χ1) is 16.1. The van der Waals surface area contributed by atoms with E-state index in [4.69, 9.17) is 15.0 Å². The van der Waals surface area contributed by atoms with Crippen molar-refractivity contribution < 1.29 is 9.13 Å². The molecule has 9 heteroatoms. The highest BCUT2D eigenvalue weighted by molar-refractivity contribution is 5.95. The lowest BCUT2D eigenvalue weighted by Crippen LogP contribution is -2.05. The highest BCUT2D eigenvalue weighted by Crippen LogP contribution is 2.35. The van der Waals surface area contributed by atoms with Crippen molar-refractivity contribution in [3.05, 3.63) is 41.6 Å². The van der Waals surface area contributed by atoms with Gasteiger partial charge in [-0.3, -0.25) is 0 Å². The number of ether oxygens (including phenoxy) is 1. The van der Waals surface area contributed by atoms with Crippen LogP contribution in [0.4, 0.5) is 4.39 Å². The molecule has 1 aliphatic heterocycles. The average Bonchev–Trinajstić information content (AvgIpc) is 3.28. The Morgan fingerprint density at radius 3 is 2.82 bits per heavy atom. The van der Waals surface area contributed by atoms with Crippen LogP contribution in [0.15, 0.2) is 24.3 Å². The second-order valence-corrected chi connectivity index (χ2v) is 8.22. The van der Waals surface area contributed by atoms with Gasteiger partial charge in [0.05, 0.1) is 42.9 Å². The second kappa shape index (κ2) is 8.62. The normalized spacial score (nSPS) is 13.5. The Labute approximate surface area is 190 Å². The minimum absolute atomic E-state index is 0.300. The standard InChI is InChI=1S/C24H24FN7O/c1-15-22-18(23-29-28-21-7-4-3-5-11-31(21)23)14-20(17-9-8-16(33-2)13-19(17)25)27-24(22)32(30-15)12-6-10-26/h8-9,13-14H,3-7,11-12H2,1-2H3. The Hall–Kier alpha value is -3.80. The van der Waals surface area contributed by atoms with Crippen LogP contribution in [0.25, 0.3) is 33.7 Å². The molecule has 0 saturated heterocycles. The topological polar surface area (TPSA) is 94.4 Å². The monoisotopic (exact) mass is 445 g/mol. The van der Waals surface area contributed by atoms with E-state index in [1.165, 1.54) is 13.2 Å². The Morgan fingerprint density at radius 1 is 1.15 bits per heavy atom. The van der Waals surface area contributed by atoms with E-state index in [0.29, 0.717) is 35.6 Å². The summed E-state index contributed by atoms with van der Waals surface area (Å²) in [6, 6.07) is 8.76. The number of hydrogen-bond acceptors (Lipinski definition) is 6. The van der Waals surface area contributed by atoms with Gasteiger partial charge in [-0.2, -0.15) is 10.4 Å². The highest BCUT2D eigenvalue weighted by atomic mass is 19.1. The molecular weight excluding hydrogens is 421 g/mol. The number of pyridine rings is 1. The molecule has 1 aromatic carbocycles. The number of nitriles is 1. The van der Waals surface area contributed by atoms with Crippen molar-refractivity contribution in [2.75, 3.05) is 7.11 Å². The number of benzene rings is 1. The van der Waals surface area contributed by atoms with Gasteiger partial charge in [0.2, 0.25) is 0 Å². The van der Waals surface area contributed by atoms with Crippen LogP contribution in [0.3, 0.4) is 0 Å². The van der Waals surface area contributed by atoms with Crippen LogP contribution in [-0.2, 0) is 19.5 Å². The van der Waals surface area contributed by atoms with E-state index in [1.54, 1.807) is 16.8 Å². The van der Waals surface area contributed by atoms with Crippen molar-refractivity contribution in [3.8, 4) is 34.5 Å². The zero-order valence-corrected chi connectivity index (χ0v) is 18.7. The molecule has 0 unspecified atom stereocenters. The zero-order valence-electron chi connectivity index (χ0n) is 18.7. The Balaban J connectivity index is 1.77. The van der Waals surface area contributed by atoms with Crippen molar-refractivity contribution in [2.24, 2.45) is 0 Å². The first-order valence-electron chi connectivity index (χ1n) is 11.1. The average molecular weight is 446 g/mol. The third-order valence-corrected chi connectivity index (χ3v) is 6.12. The molecule has 5 rings (SSSR count).